The van der Waals surface area contributed by atoms with Crippen LogP contribution in [0.1, 0.15) is 67.2 Å². The Kier molecular flexibility index (Phi) is 6.31. The Hall–Kier alpha value is -1.21. The average Bonchev–Trinajstić information content (AvgIpc) is 2.36. The van der Waals surface area contributed by atoms with Gasteiger partial charge in [-0.15, -0.1) is 6.42 Å². The number of hydrogen-bond acceptors (Lipinski definition) is 3. The van der Waals surface area contributed by atoms with Crippen LogP contribution in [0.3, 0.4) is 0 Å². The molecule has 0 aliphatic carbocycles. The maximum absolute atomic E-state index is 12.4. The SMILES string of the molecule is C#CC(C)(C)NC(C)CC1CCCCN1C(=O)OC(C)(C)C. The van der Waals surface area contributed by atoms with Crippen molar-refractivity contribution in [1.82, 2.24) is 10.2 Å². The molecule has 4 heteroatoms. The highest BCUT2D eigenvalue weighted by molar-refractivity contribution is 5.68. The Morgan fingerprint density at radius 1 is 1.36 bits per heavy atom. The molecule has 1 aliphatic heterocycles. The van der Waals surface area contributed by atoms with Crippen molar-refractivity contribution in [3.8, 4) is 12.3 Å². The Morgan fingerprint density at radius 3 is 2.55 bits per heavy atom. The fourth-order valence-corrected chi connectivity index (χ4v) is 2.93. The smallest absolute Gasteiger partial charge is 0.410 e. The van der Waals surface area contributed by atoms with Gasteiger partial charge in [-0.2, -0.15) is 0 Å². The number of rotatable bonds is 4. The first-order valence-electron chi connectivity index (χ1n) is 8.29. The van der Waals surface area contributed by atoms with Gasteiger partial charge in [0.2, 0.25) is 0 Å². The fourth-order valence-electron chi connectivity index (χ4n) is 2.93. The van der Waals surface area contributed by atoms with Gasteiger partial charge in [0.25, 0.3) is 0 Å². The number of nitrogens with zero attached hydrogens (tertiary/aromatic N) is 1. The molecule has 0 aromatic rings. The highest BCUT2D eigenvalue weighted by Crippen LogP contribution is 2.24. The number of terminal acetylenes is 1. The number of likely N-dealkylation sites (tertiary alicyclic amines) is 1. The molecule has 2 unspecified atom stereocenters. The predicted molar refractivity (Wildman–Crippen MR) is 90.7 cm³/mol. The third-order valence-electron chi connectivity index (χ3n) is 3.85. The highest BCUT2D eigenvalue weighted by atomic mass is 16.6. The minimum Gasteiger partial charge on any atom is -0.444 e. The fraction of sp³-hybridized carbons (Fsp3) is 0.833. The number of amides is 1. The van der Waals surface area contributed by atoms with E-state index < -0.39 is 5.60 Å². The second-order valence-corrected chi connectivity index (χ2v) is 7.87. The van der Waals surface area contributed by atoms with Gasteiger partial charge in [-0.25, -0.2) is 4.79 Å². The Labute approximate surface area is 136 Å². The van der Waals surface area contributed by atoms with Crippen molar-refractivity contribution in [1.29, 1.82) is 0 Å². The van der Waals surface area contributed by atoms with E-state index in [1.807, 2.05) is 39.5 Å². The largest absolute Gasteiger partial charge is 0.444 e. The van der Waals surface area contributed by atoms with Crippen LogP contribution in [0.2, 0.25) is 0 Å². The number of hydrogen-bond donors (Lipinski definition) is 1. The molecule has 1 saturated heterocycles. The zero-order chi connectivity index (χ0) is 17.0. The van der Waals surface area contributed by atoms with Crippen LogP contribution in [0.25, 0.3) is 0 Å². The number of carbonyl (C=O) groups is 1. The Morgan fingerprint density at radius 2 is 2.00 bits per heavy atom. The van der Waals surface area contributed by atoms with Crippen LogP contribution in [-0.2, 0) is 4.74 Å². The molecule has 0 aromatic carbocycles. The average molecular weight is 308 g/mol. The minimum absolute atomic E-state index is 0.194. The standard InChI is InChI=1S/C18H32N2O2/c1-8-18(6,7)19-14(2)13-15-11-9-10-12-20(15)16(21)22-17(3,4)5/h1,14-15,19H,9-13H2,2-7H3. The van der Waals surface area contributed by atoms with Crippen LogP contribution in [0.15, 0.2) is 0 Å². The van der Waals surface area contributed by atoms with Gasteiger partial charge in [-0.3, -0.25) is 5.32 Å². The number of carbonyl (C=O) groups excluding carboxylic acids is 1. The maximum Gasteiger partial charge on any atom is 0.410 e. The molecular formula is C18H32N2O2. The first kappa shape index (κ1) is 18.8. The maximum atomic E-state index is 12.4. The van der Waals surface area contributed by atoms with E-state index in [1.165, 1.54) is 0 Å². The van der Waals surface area contributed by atoms with Gasteiger partial charge >= 0.3 is 6.09 Å². The van der Waals surface area contributed by atoms with Crippen LogP contribution in [0.5, 0.6) is 0 Å². The van der Waals surface area contributed by atoms with Gasteiger partial charge < -0.3 is 9.64 Å². The van der Waals surface area contributed by atoms with Crippen LogP contribution in [-0.4, -0.2) is 40.8 Å². The number of ether oxygens (including phenoxy) is 1. The third kappa shape index (κ3) is 6.27. The van der Waals surface area contributed by atoms with Crippen LogP contribution in [0.4, 0.5) is 4.79 Å². The van der Waals surface area contributed by atoms with Gasteiger partial charge in [0.05, 0.1) is 5.54 Å². The molecule has 0 spiro atoms. The molecule has 0 bridgehead atoms. The lowest BCUT2D eigenvalue weighted by molar-refractivity contribution is 0.00773. The van der Waals surface area contributed by atoms with Crippen molar-refractivity contribution in [3.63, 3.8) is 0 Å². The molecule has 4 nitrogen and oxygen atoms in total. The van der Waals surface area contributed by atoms with E-state index in [-0.39, 0.29) is 23.7 Å². The van der Waals surface area contributed by atoms with E-state index in [0.717, 1.165) is 32.2 Å². The van der Waals surface area contributed by atoms with Crippen molar-refractivity contribution < 1.29 is 9.53 Å². The summed E-state index contributed by atoms with van der Waals surface area (Å²) in [5.41, 5.74) is -0.779. The second-order valence-electron chi connectivity index (χ2n) is 7.87. The van der Waals surface area contributed by atoms with E-state index in [4.69, 9.17) is 11.2 Å². The van der Waals surface area contributed by atoms with Crippen molar-refractivity contribution in [3.05, 3.63) is 0 Å². The van der Waals surface area contributed by atoms with E-state index in [2.05, 4.69) is 18.2 Å². The second kappa shape index (κ2) is 7.37. The summed E-state index contributed by atoms with van der Waals surface area (Å²) in [7, 11) is 0. The van der Waals surface area contributed by atoms with Gasteiger partial charge in [-0.05, 0) is 67.2 Å². The molecule has 1 heterocycles. The van der Waals surface area contributed by atoms with Gasteiger partial charge in [0.15, 0.2) is 0 Å². The van der Waals surface area contributed by atoms with Crippen LogP contribution in [0, 0.1) is 12.3 Å². The Balaban J connectivity index is 2.66. The molecule has 1 rings (SSSR count). The summed E-state index contributed by atoms with van der Waals surface area (Å²) >= 11 is 0. The van der Waals surface area contributed by atoms with Gasteiger partial charge in [0.1, 0.15) is 5.60 Å². The summed E-state index contributed by atoms with van der Waals surface area (Å²) in [5, 5.41) is 3.45. The molecular weight excluding hydrogens is 276 g/mol. The quantitative estimate of drug-likeness (QED) is 0.808. The zero-order valence-electron chi connectivity index (χ0n) is 15.0. The normalized spacial score (nSPS) is 21.1. The van der Waals surface area contributed by atoms with Gasteiger partial charge in [-0.1, -0.05) is 5.92 Å². The van der Waals surface area contributed by atoms with Crippen LogP contribution >= 0.6 is 0 Å². The first-order chi connectivity index (χ1) is 10.0. The molecule has 0 saturated carbocycles. The summed E-state index contributed by atoms with van der Waals surface area (Å²) in [6.45, 7) is 12.6. The molecule has 1 aliphatic rings. The van der Waals surface area contributed by atoms with Crippen molar-refractivity contribution in [2.45, 2.75) is 90.4 Å². The molecule has 2 atom stereocenters. The molecule has 1 amide bonds. The highest BCUT2D eigenvalue weighted by Gasteiger charge is 2.32. The van der Waals surface area contributed by atoms with Crippen molar-refractivity contribution >= 4 is 6.09 Å². The number of piperidine rings is 1. The number of nitrogens with one attached hydrogen (secondary N) is 1. The first-order valence-corrected chi connectivity index (χ1v) is 8.29. The lowest BCUT2D eigenvalue weighted by Gasteiger charge is -2.38. The lowest BCUT2D eigenvalue weighted by atomic mass is 9.95. The molecule has 0 aromatic heterocycles. The topological polar surface area (TPSA) is 41.6 Å². The van der Waals surface area contributed by atoms with Crippen molar-refractivity contribution in [2.24, 2.45) is 0 Å². The van der Waals surface area contributed by atoms with Gasteiger partial charge in [0, 0.05) is 18.6 Å². The molecule has 126 valence electrons. The van der Waals surface area contributed by atoms with Crippen LogP contribution < -0.4 is 5.32 Å². The summed E-state index contributed by atoms with van der Waals surface area (Å²) < 4.78 is 5.55. The lowest BCUT2D eigenvalue weighted by Crippen LogP contribution is -2.50. The van der Waals surface area contributed by atoms with Crippen molar-refractivity contribution in [2.75, 3.05) is 6.54 Å². The van der Waals surface area contributed by atoms with E-state index in [9.17, 15) is 4.79 Å². The summed E-state index contributed by atoms with van der Waals surface area (Å²) in [5.74, 6) is 2.76. The Bertz CT molecular complexity index is 418. The minimum atomic E-state index is -0.450. The van der Waals surface area contributed by atoms with E-state index in [0.29, 0.717) is 0 Å². The molecule has 1 fully saturated rings. The monoisotopic (exact) mass is 308 g/mol. The summed E-state index contributed by atoms with van der Waals surface area (Å²) in [6.07, 6.45) is 9.48. The molecule has 0 radical (unpaired) electrons. The third-order valence-corrected chi connectivity index (χ3v) is 3.85. The zero-order valence-corrected chi connectivity index (χ0v) is 15.0. The van der Waals surface area contributed by atoms with E-state index in [1.54, 1.807) is 0 Å². The molecule has 22 heavy (non-hydrogen) atoms. The summed E-state index contributed by atoms with van der Waals surface area (Å²) in [6, 6.07) is 0.471. The predicted octanol–water partition coefficient (Wildman–Crippen LogP) is 3.56. The van der Waals surface area contributed by atoms with E-state index >= 15 is 0 Å². The summed E-state index contributed by atoms with van der Waals surface area (Å²) in [4.78, 5) is 14.3. The molecule has 1 N–H and O–H groups in total.